The fourth-order valence-corrected chi connectivity index (χ4v) is 4.12. The molecule has 8 heteroatoms. The smallest absolute Gasteiger partial charge is 0.243 e. The molecule has 2 heterocycles. The molecule has 2 aromatic rings. The highest BCUT2D eigenvalue weighted by Gasteiger charge is 2.21. The third-order valence-electron chi connectivity index (χ3n) is 5.18. The summed E-state index contributed by atoms with van der Waals surface area (Å²) in [5, 5.41) is 10.5. The number of piperidine rings is 1. The van der Waals surface area contributed by atoms with Crippen molar-refractivity contribution in [3.63, 3.8) is 0 Å². The molecule has 1 amide bonds. The van der Waals surface area contributed by atoms with Gasteiger partial charge in [-0.1, -0.05) is 30.3 Å². The van der Waals surface area contributed by atoms with Crippen LogP contribution >= 0.6 is 35.3 Å². The summed E-state index contributed by atoms with van der Waals surface area (Å²) in [5.74, 6) is 0.692. The molecule has 0 bridgehead atoms. The minimum atomic E-state index is -0.00835. The number of benzene rings is 1. The summed E-state index contributed by atoms with van der Waals surface area (Å²) < 4.78 is 0. The number of nitrogens with one attached hydrogen (secondary N) is 2. The predicted octanol–water partition coefficient (Wildman–Crippen LogP) is 3.72. The molecule has 1 aromatic carbocycles. The Kier molecular flexibility index (Phi) is 9.90. The molecular weight excluding hydrogens is 509 g/mol. The summed E-state index contributed by atoms with van der Waals surface area (Å²) in [6, 6.07) is 15.0. The van der Waals surface area contributed by atoms with E-state index in [0.29, 0.717) is 12.0 Å². The van der Waals surface area contributed by atoms with Crippen LogP contribution in [-0.2, 0) is 4.79 Å². The third-order valence-corrected chi connectivity index (χ3v) is 6.11. The van der Waals surface area contributed by atoms with Gasteiger partial charge < -0.3 is 20.4 Å². The Labute approximate surface area is 200 Å². The number of carbonyl (C=O) groups excluding carboxylic acids is 1. The van der Waals surface area contributed by atoms with E-state index >= 15 is 0 Å². The molecule has 0 radical (unpaired) electrons. The zero-order valence-corrected chi connectivity index (χ0v) is 21.0. The Balaban J connectivity index is 0.00000320. The molecule has 0 aliphatic carbocycles. The molecule has 1 atom stereocenters. The van der Waals surface area contributed by atoms with Crippen molar-refractivity contribution in [2.45, 2.75) is 31.8 Å². The van der Waals surface area contributed by atoms with Gasteiger partial charge in [-0.3, -0.25) is 4.79 Å². The van der Waals surface area contributed by atoms with Crippen molar-refractivity contribution in [1.82, 2.24) is 15.5 Å². The van der Waals surface area contributed by atoms with E-state index in [-0.39, 0.29) is 42.5 Å². The summed E-state index contributed by atoms with van der Waals surface area (Å²) in [7, 11) is 3.51. The van der Waals surface area contributed by atoms with Crippen LogP contribution in [0.4, 0.5) is 5.00 Å². The molecule has 1 aliphatic rings. The molecule has 0 saturated carbocycles. The number of hydrogen-bond acceptors (Lipinski definition) is 4. The second-order valence-corrected chi connectivity index (χ2v) is 8.51. The number of carbonyl (C=O) groups is 1. The second-order valence-electron chi connectivity index (χ2n) is 7.59. The van der Waals surface area contributed by atoms with Gasteiger partial charge in [0.15, 0.2) is 5.96 Å². The Morgan fingerprint density at radius 2 is 1.90 bits per heavy atom. The Morgan fingerprint density at radius 1 is 1.20 bits per heavy atom. The van der Waals surface area contributed by atoms with E-state index in [1.165, 1.54) is 10.6 Å². The molecule has 30 heavy (non-hydrogen) atoms. The molecule has 3 rings (SSSR count). The lowest BCUT2D eigenvalue weighted by Gasteiger charge is -2.34. The van der Waals surface area contributed by atoms with Crippen molar-refractivity contribution < 1.29 is 4.79 Å². The standard InChI is InChI=1S/C22H31N5OS.HI/c1-17(18-8-5-4-6-9-18)24-22(23-16-20(28)26(2)3)25-19-11-13-27(14-12-19)21-10-7-15-29-21;/h4-10,15,17,19H,11-14,16H2,1-3H3,(H2,23,24,25);1H. The summed E-state index contributed by atoms with van der Waals surface area (Å²) in [6.45, 7) is 4.30. The number of aliphatic imine (C=N–C) groups is 1. The number of thiophene rings is 1. The van der Waals surface area contributed by atoms with Gasteiger partial charge in [-0.25, -0.2) is 4.99 Å². The average molecular weight is 542 g/mol. The lowest BCUT2D eigenvalue weighted by Crippen LogP contribution is -2.49. The van der Waals surface area contributed by atoms with E-state index in [1.54, 1.807) is 30.3 Å². The second kappa shape index (κ2) is 12.1. The van der Waals surface area contributed by atoms with Crippen LogP contribution in [-0.4, -0.2) is 56.5 Å². The van der Waals surface area contributed by atoms with E-state index in [4.69, 9.17) is 0 Å². The van der Waals surface area contributed by atoms with Gasteiger partial charge in [0.05, 0.1) is 11.0 Å². The highest BCUT2D eigenvalue weighted by molar-refractivity contribution is 14.0. The van der Waals surface area contributed by atoms with Crippen molar-refractivity contribution in [2.24, 2.45) is 4.99 Å². The molecule has 0 spiro atoms. The Hall–Kier alpha value is -1.81. The number of nitrogens with zero attached hydrogens (tertiary/aromatic N) is 3. The molecule has 1 aliphatic heterocycles. The molecular formula is C22H32IN5OS. The number of halogens is 1. The van der Waals surface area contributed by atoms with Gasteiger partial charge in [0.1, 0.15) is 6.54 Å². The number of anilines is 1. The van der Waals surface area contributed by atoms with E-state index in [0.717, 1.165) is 25.9 Å². The molecule has 1 saturated heterocycles. The maximum absolute atomic E-state index is 12.0. The molecule has 6 nitrogen and oxygen atoms in total. The normalized spacial score (nSPS) is 15.8. The monoisotopic (exact) mass is 541 g/mol. The summed E-state index contributed by atoms with van der Waals surface area (Å²) in [6.07, 6.45) is 2.08. The van der Waals surface area contributed by atoms with Crippen LogP contribution in [0.5, 0.6) is 0 Å². The van der Waals surface area contributed by atoms with Crippen molar-refractivity contribution in [1.29, 1.82) is 0 Å². The van der Waals surface area contributed by atoms with Crippen LogP contribution < -0.4 is 15.5 Å². The average Bonchev–Trinajstić information content (AvgIpc) is 3.27. The van der Waals surface area contributed by atoms with E-state index in [2.05, 4.69) is 57.1 Å². The highest BCUT2D eigenvalue weighted by atomic mass is 127. The van der Waals surface area contributed by atoms with Gasteiger partial charge in [0.2, 0.25) is 5.91 Å². The van der Waals surface area contributed by atoms with E-state index < -0.39 is 0 Å². The number of hydrogen-bond donors (Lipinski definition) is 2. The Morgan fingerprint density at radius 3 is 2.50 bits per heavy atom. The van der Waals surface area contributed by atoms with Crippen LogP contribution in [0.3, 0.4) is 0 Å². The largest absolute Gasteiger partial charge is 0.363 e. The first-order chi connectivity index (χ1) is 14.0. The molecule has 1 unspecified atom stereocenters. The van der Waals surface area contributed by atoms with Gasteiger partial charge >= 0.3 is 0 Å². The van der Waals surface area contributed by atoms with Gasteiger partial charge in [0.25, 0.3) is 0 Å². The van der Waals surface area contributed by atoms with Gasteiger partial charge in [-0.15, -0.1) is 35.3 Å². The molecule has 1 aromatic heterocycles. The van der Waals surface area contributed by atoms with Crippen LogP contribution in [0.2, 0.25) is 0 Å². The van der Waals surface area contributed by atoms with Crippen LogP contribution in [0, 0.1) is 0 Å². The van der Waals surface area contributed by atoms with Crippen molar-refractivity contribution in [3.05, 3.63) is 53.4 Å². The van der Waals surface area contributed by atoms with E-state index in [1.807, 2.05) is 18.2 Å². The molecule has 1 fully saturated rings. The first-order valence-electron chi connectivity index (χ1n) is 10.1. The SMILES string of the molecule is CC(NC(=NCC(=O)N(C)C)NC1CCN(c2cccs2)CC1)c1ccccc1.I. The maximum Gasteiger partial charge on any atom is 0.243 e. The quantitative estimate of drug-likeness (QED) is 0.333. The fraction of sp³-hybridized carbons (Fsp3) is 0.455. The lowest BCUT2D eigenvalue weighted by molar-refractivity contribution is -0.127. The Bertz CT molecular complexity index is 789. The maximum atomic E-state index is 12.0. The molecule has 164 valence electrons. The summed E-state index contributed by atoms with van der Waals surface area (Å²) in [4.78, 5) is 20.6. The van der Waals surface area contributed by atoms with Gasteiger partial charge in [-0.05, 0) is 42.8 Å². The van der Waals surface area contributed by atoms with Gasteiger partial charge in [0, 0.05) is 33.2 Å². The lowest BCUT2D eigenvalue weighted by atomic mass is 10.1. The topological polar surface area (TPSA) is 60.0 Å². The first-order valence-corrected chi connectivity index (χ1v) is 11.0. The highest BCUT2D eigenvalue weighted by Crippen LogP contribution is 2.24. The predicted molar refractivity (Wildman–Crippen MR) is 137 cm³/mol. The van der Waals surface area contributed by atoms with Crippen molar-refractivity contribution >= 4 is 52.2 Å². The minimum absolute atomic E-state index is 0. The number of amides is 1. The van der Waals surface area contributed by atoms with Gasteiger partial charge in [-0.2, -0.15) is 0 Å². The fourth-order valence-electron chi connectivity index (χ4n) is 3.34. The number of guanidine groups is 1. The van der Waals surface area contributed by atoms with Crippen molar-refractivity contribution in [3.8, 4) is 0 Å². The zero-order chi connectivity index (χ0) is 20.6. The van der Waals surface area contributed by atoms with Crippen molar-refractivity contribution in [2.75, 3.05) is 38.6 Å². The minimum Gasteiger partial charge on any atom is -0.363 e. The zero-order valence-electron chi connectivity index (χ0n) is 17.9. The first kappa shape index (κ1) is 24.5. The summed E-state index contributed by atoms with van der Waals surface area (Å²) >= 11 is 1.79. The third kappa shape index (κ3) is 7.16. The van der Waals surface area contributed by atoms with E-state index in [9.17, 15) is 4.79 Å². The van der Waals surface area contributed by atoms with Crippen LogP contribution in [0.15, 0.2) is 52.8 Å². The van der Waals surface area contributed by atoms with Crippen LogP contribution in [0.1, 0.15) is 31.4 Å². The summed E-state index contributed by atoms with van der Waals surface area (Å²) in [5.41, 5.74) is 1.19. The number of likely N-dealkylation sites (N-methyl/N-ethyl adjacent to an activating group) is 1. The molecule has 2 N–H and O–H groups in total. The van der Waals surface area contributed by atoms with Crippen LogP contribution in [0.25, 0.3) is 0 Å². The number of rotatable bonds is 6.